The Kier molecular flexibility index (Phi) is 4.11. The first-order chi connectivity index (χ1) is 7.06. The highest BCUT2D eigenvalue weighted by atomic mass is 79.9. The number of carbonyl (C=O) groups is 1. The van der Waals surface area contributed by atoms with Crippen LogP contribution in [0.2, 0.25) is 0 Å². The van der Waals surface area contributed by atoms with Crippen LogP contribution in [-0.2, 0) is 0 Å². The molecule has 5 heteroatoms. The van der Waals surface area contributed by atoms with Crippen molar-refractivity contribution in [1.29, 1.82) is 0 Å². The van der Waals surface area contributed by atoms with Crippen molar-refractivity contribution in [2.24, 2.45) is 0 Å². The van der Waals surface area contributed by atoms with Gasteiger partial charge >= 0.3 is 0 Å². The summed E-state index contributed by atoms with van der Waals surface area (Å²) in [6.45, 7) is 1.63. The quantitative estimate of drug-likeness (QED) is 0.723. The van der Waals surface area contributed by atoms with Gasteiger partial charge in [0.15, 0.2) is 0 Å². The van der Waals surface area contributed by atoms with Crippen LogP contribution in [0.15, 0.2) is 22.7 Å². The highest BCUT2D eigenvalue weighted by Crippen LogP contribution is 2.23. The van der Waals surface area contributed by atoms with E-state index < -0.39 is 0 Å². The third-order valence-electron chi connectivity index (χ3n) is 1.92. The first-order valence-corrected chi connectivity index (χ1v) is 5.31. The zero-order valence-corrected chi connectivity index (χ0v) is 9.91. The number of halogens is 1. The minimum Gasteiger partial charge on any atom is -0.398 e. The van der Waals surface area contributed by atoms with Crippen LogP contribution in [0.3, 0.4) is 0 Å². The van der Waals surface area contributed by atoms with Gasteiger partial charge in [0.1, 0.15) is 0 Å². The predicted octanol–water partition coefficient (Wildman–Crippen LogP) is 1.14. The first-order valence-electron chi connectivity index (χ1n) is 4.52. The molecule has 0 heterocycles. The van der Waals surface area contributed by atoms with E-state index in [2.05, 4.69) is 21.2 Å². The van der Waals surface area contributed by atoms with E-state index in [1.807, 2.05) is 0 Å². The number of aliphatic hydroxyl groups excluding tert-OH is 1. The van der Waals surface area contributed by atoms with Gasteiger partial charge in [0.25, 0.3) is 5.91 Å². The topological polar surface area (TPSA) is 75.3 Å². The van der Waals surface area contributed by atoms with Crippen molar-refractivity contribution in [3.63, 3.8) is 0 Å². The molecule has 0 radical (unpaired) electrons. The van der Waals surface area contributed by atoms with Crippen LogP contribution in [0.5, 0.6) is 0 Å². The van der Waals surface area contributed by atoms with Gasteiger partial charge in [-0.05, 0) is 35.0 Å². The molecule has 0 unspecified atom stereocenters. The molecule has 0 fully saturated rings. The maximum absolute atomic E-state index is 11.7. The van der Waals surface area contributed by atoms with Crippen molar-refractivity contribution >= 4 is 27.5 Å². The minimum absolute atomic E-state index is 0.0916. The molecule has 0 saturated heterocycles. The molecule has 0 aromatic heterocycles. The molecule has 1 atom stereocenters. The van der Waals surface area contributed by atoms with Crippen LogP contribution in [0.4, 0.5) is 5.69 Å². The Morgan fingerprint density at radius 3 is 2.93 bits per heavy atom. The van der Waals surface area contributed by atoms with E-state index >= 15 is 0 Å². The molecule has 15 heavy (non-hydrogen) atoms. The lowest BCUT2D eigenvalue weighted by Gasteiger charge is -2.12. The van der Waals surface area contributed by atoms with E-state index in [4.69, 9.17) is 10.8 Å². The zero-order valence-electron chi connectivity index (χ0n) is 8.33. The van der Waals surface area contributed by atoms with E-state index in [1.165, 1.54) is 0 Å². The van der Waals surface area contributed by atoms with Gasteiger partial charge in [0.2, 0.25) is 0 Å². The molecule has 0 aliphatic carbocycles. The van der Waals surface area contributed by atoms with Crippen molar-refractivity contribution in [1.82, 2.24) is 5.32 Å². The molecular weight excluding hydrogens is 260 g/mol. The lowest BCUT2D eigenvalue weighted by atomic mass is 10.2. The third-order valence-corrected chi connectivity index (χ3v) is 2.81. The Bertz CT molecular complexity index is 368. The van der Waals surface area contributed by atoms with Crippen LogP contribution < -0.4 is 11.1 Å². The number of benzene rings is 1. The predicted molar refractivity (Wildman–Crippen MR) is 62.6 cm³/mol. The summed E-state index contributed by atoms with van der Waals surface area (Å²) in [6.07, 6.45) is 0. The van der Waals surface area contributed by atoms with Crippen molar-refractivity contribution in [3.05, 3.63) is 28.2 Å². The Balaban J connectivity index is 2.87. The number of hydrogen-bond acceptors (Lipinski definition) is 3. The summed E-state index contributed by atoms with van der Waals surface area (Å²) in [5.41, 5.74) is 6.63. The number of nitrogens with two attached hydrogens (primary N) is 1. The van der Waals surface area contributed by atoms with Crippen molar-refractivity contribution in [2.45, 2.75) is 13.0 Å². The van der Waals surface area contributed by atoms with E-state index in [0.717, 1.165) is 0 Å². The number of amides is 1. The number of rotatable bonds is 3. The number of carbonyl (C=O) groups excluding carboxylic acids is 1. The molecule has 1 aromatic carbocycles. The van der Waals surface area contributed by atoms with Crippen molar-refractivity contribution in [2.75, 3.05) is 12.3 Å². The normalized spacial score (nSPS) is 12.2. The Morgan fingerprint density at radius 2 is 2.33 bits per heavy atom. The van der Waals surface area contributed by atoms with Crippen LogP contribution in [0.25, 0.3) is 0 Å². The largest absolute Gasteiger partial charge is 0.398 e. The Hall–Kier alpha value is -1.07. The van der Waals surface area contributed by atoms with Gasteiger partial charge in [-0.15, -0.1) is 0 Å². The second kappa shape index (κ2) is 5.14. The average molecular weight is 273 g/mol. The smallest absolute Gasteiger partial charge is 0.252 e. The first kappa shape index (κ1) is 12.0. The van der Waals surface area contributed by atoms with Gasteiger partial charge in [-0.25, -0.2) is 0 Å². The fourth-order valence-electron chi connectivity index (χ4n) is 1.07. The standard InChI is InChI=1S/C10H13BrN2O2/c1-6(5-14)13-10(15)7-3-2-4-8(12)9(7)11/h2-4,6,14H,5,12H2,1H3,(H,13,15)/t6-/m0/s1. The number of hydrogen-bond donors (Lipinski definition) is 3. The van der Waals surface area contributed by atoms with E-state index in [0.29, 0.717) is 15.7 Å². The molecule has 0 saturated carbocycles. The second-order valence-corrected chi connectivity index (χ2v) is 4.06. The molecule has 0 aliphatic rings. The lowest BCUT2D eigenvalue weighted by Crippen LogP contribution is -2.35. The van der Waals surface area contributed by atoms with Gasteiger partial charge in [0, 0.05) is 11.7 Å². The van der Waals surface area contributed by atoms with Gasteiger partial charge < -0.3 is 16.2 Å². The van der Waals surface area contributed by atoms with Crippen LogP contribution >= 0.6 is 15.9 Å². The summed E-state index contributed by atoms with van der Waals surface area (Å²) in [7, 11) is 0. The van der Waals surface area contributed by atoms with Gasteiger partial charge in [0.05, 0.1) is 16.6 Å². The number of aliphatic hydroxyl groups is 1. The number of anilines is 1. The van der Waals surface area contributed by atoms with Gasteiger partial charge in [-0.1, -0.05) is 6.07 Å². The molecule has 82 valence electrons. The Morgan fingerprint density at radius 1 is 1.67 bits per heavy atom. The van der Waals surface area contributed by atoms with E-state index in [1.54, 1.807) is 25.1 Å². The van der Waals surface area contributed by atoms with Gasteiger partial charge in [-0.3, -0.25) is 4.79 Å². The summed E-state index contributed by atoms with van der Waals surface area (Å²) in [5, 5.41) is 11.4. The van der Waals surface area contributed by atoms with E-state index in [9.17, 15) is 4.79 Å². The second-order valence-electron chi connectivity index (χ2n) is 3.27. The SMILES string of the molecule is C[C@@H](CO)NC(=O)c1cccc(N)c1Br. The fraction of sp³-hybridized carbons (Fsp3) is 0.300. The van der Waals surface area contributed by atoms with Crippen molar-refractivity contribution < 1.29 is 9.90 Å². The maximum atomic E-state index is 11.7. The molecule has 4 N–H and O–H groups in total. The molecule has 0 bridgehead atoms. The maximum Gasteiger partial charge on any atom is 0.252 e. The fourth-order valence-corrected chi connectivity index (χ4v) is 1.52. The Labute approximate surface area is 96.6 Å². The lowest BCUT2D eigenvalue weighted by molar-refractivity contribution is 0.0921. The highest BCUT2D eigenvalue weighted by molar-refractivity contribution is 9.10. The van der Waals surface area contributed by atoms with Gasteiger partial charge in [-0.2, -0.15) is 0 Å². The molecule has 1 aromatic rings. The van der Waals surface area contributed by atoms with E-state index in [-0.39, 0.29) is 18.6 Å². The molecule has 1 amide bonds. The molecule has 0 spiro atoms. The number of nitrogen functional groups attached to an aromatic ring is 1. The summed E-state index contributed by atoms with van der Waals surface area (Å²) in [4.78, 5) is 11.7. The highest BCUT2D eigenvalue weighted by Gasteiger charge is 2.13. The van der Waals surface area contributed by atoms with Crippen LogP contribution in [-0.4, -0.2) is 23.7 Å². The molecule has 1 rings (SSSR count). The number of nitrogens with one attached hydrogen (secondary N) is 1. The molecule has 0 aliphatic heterocycles. The molecule has 4 nitrogen and oxygen atoms in total. The molecular formula is C10H13BrN2O2. The summed E-state index contributed by atoms with van der Waals surface area (Å²) in [5.74, 6) is -0.254. The van der Waals surface area contributed by atoms with Crippen molar-refractivity contribution in [3.8, 4) is 0 Å². The monoisotopic (exact) mass is 272 g/mol. The van der Waals surface area contributed by atoms with Crippen LogP contribution in [0, 0.1) is 0 Å². The minimum atomic E-state index is -0.272. The summed E-state index contributed by atoms with van der Waals surface area (Å²) >= 11 is 3.24. The zero-order chi connectivity index (χ0) is 11.4. The third kappa shape index (κ3) is 2.94. The average Bonchev–Trinajstić information content (AvgIpc) is 2.21. The van der Waals surface area contributed by atoms with Crippen LogP contribution in [0.1, 0.15) is 17.3 Å². The summed E-state index contributed by atoms with van der Waals surface area (Å²) < 4.78 is 0.577. The summed E-state index contributed by atoms with van der Waals surface area (Å²) in [6, 6.07) is 4.81.